The van der Waals surface area contributed by atoms with Crippen molar-refractivity contribution < 1.29 is 14.3 Å². The van der Waals surface area contributed by atoms with Gasteiger partial charge in [-0.2, -0.15) is 0 Å². The minimum atomic E-state index is -0.185. The molecule has 0 bridgehead atoms. The first-order valence-electron chi connectivity index (χ1n) is 5.97. The number of thiophene rings is 1. The van der Waals surface area contributed by atoms with E-state index >= 15 is 0 Å². The summed E-state index contributed by atoms with van der Waals surface area (Å²) in [6.07, 6.45) is 0. The Balaban J connectivity index is 2.07. The Kier molecular flexibility index (Phi) is 4.47. The Morgan fingerprint density at radius 1 is 1.30 bits per heavy atom. The number of carbonyl (C=O) groups excluding carboxylic acids is 1. The number of amides is 1. The second-order valence-corrected chi connectivity index (χ2v) is 4.98. The van der Waals surface area contributed by atoms with E-state index < -0.39 is 0 Å². The molecule has 20 heavy (non-hydrogen) atoms. The molecule has 2 rings (SSSR count). The first kappa shape index (κ1) is 14.2. The molecule has 0 saturated carbocycles. The predicted molar refractivity (Wildman–Crippen MR) is 79.4 cm³/mol. The van der Waals surface area contributed by atoms with Crippen LogP contribution in [0.3, 0.4) is 0 Å². The summed E-state index contributed by atoms with van der Waals surface area (Å²) in [5.41, 5.74) is 7.08. The number of hydrogen-bond donors (Lipinski definition) is 2. The van der Waals surface area contributed by atoms with Crippen LogP contribution in [-0.2, 0) is 6.54 Å². The second-order valence-electron chi connectivity index (χ2n) is 4.07. The quantitative estimate of drug-likeness (QED) is 0.886. The van der Waals surface area contributed by atoms with Crippen molar-refractivity contribution in [1.29, 1.82) is 0 Å². The fraction of sp³-hybridized carbons (Fsp3) is 0.214. The highest BCUT2D eigenvalue weighted by Crippen LogP contribution is 2.25. The molecule has 5 nitrogen and oxygen atoms in total. The Bertz CT molecular complexity index is 610. The third kappa shape index (κ3) is 3.03. The van der Waals surface area contributed by atoms with Gasteiger partial charge in [0.05, 0.1) is 19.9 Å². The summed E-state index contributed by atoms with van der Waals surface area (Å²) in [4.78, 5) is 12.5. The maximum Gasteiger partial charge on any atom is 0.263 e. The van der Waals surface area contributed by atoms with Crippen molar-refractivity contribution in [3.8, 4) is 11.5 Å². The molecule has 1 aromatic carbocycles. The number of hydrogen-bond acceptors (Lipinski definition) is 5. The van der Waals surface area contributed by atoms with Gasteiger partial charge in [-0.3, -0.25) is 4.79 Å². The van der Waals surface area contributed by atoms with Crippen molar-refractivity contribution in [2.45, 2.75) is 6.54 Å². The second kappa shape index (κ2) is 6.29. The number of nitrogens with one attached hydrogen (secondary N) is 1. The van der Waals surface area contributed by atoms with E-state index in [1.807, 2.05) is 12.1 Å². The van der Waals surface area contributed by atoms with Crippen LogP contribution in [0.25, 0.3) is 0 Å². The lowest BCUT2D eigenvalue weighted by Gasteiger charge is -2.11. The van der Waals surface area contributed by atoms with E-state index in [0.717, 1.165) is 5.56 Å². The van der Waals surface area contributed by atoms with Gasteiger partial charge in [0.15, 0.2) is 0 Å². The molecule has 0 atom stereocenters. The summed E-state index contributed by atoms with van der Waals surface area (Å²) >= 11 is 1.32. The summed E-state index contributed by atoms with van der Waals surface area (Å²) in [6, 6.07) is 7.17. The maximum atomic E-state index is 12.0. The molecular weight excluding hydrogens is 276 g/mol. The van der Waals surface area contributed by atoms with Crippen molar-refractivity contribution in [2.75, 3.05) is 20.0 Å². The topological polar surface area (TPSA) is 73.6 Å². The fourth-order valence-electron chi connectivity index (χ4n) is 1.76. The molecule has 2 aromatic rings. The molecule has 6 heteroatoms. The van der Waals surface area contributed by atoms with Crippen LogP contribution in [0.2, 0.25) is 0 Å². The first-order valence-corrected chi connectivity index (χ1v) is 6.85. The van der Waals surface area contributed by atoms with Crippen LogP contribution >= 0.6 is 11.3 Å². The van der Waals surface area contributed by atoms with Gasteiger partial charge >= 0.3 is 0 Å². The van der Waals surface area contributed by atoms with E-state index in [1.54, 1.807) is 31.7 Å². The molecule has 0 unspecified atom stereocenters. The Hall–Kier alpha value is -2.21. The van der Waals surface area contributed by atoms with Gasteiger partial charge in [-0.25, -0.2) is 0 Å². The number of rotatable bonds is 5. The third-order valence-electron chi connectivity index (χ3n) is 2.84. The molecule has 0 aliphatic rings. The normalized spacial score (nSPS) is 10.1. The highest BCUT2D eigenvalue weighted by atomic mass is 32.1. The van der Waals surface area contributed by atoms with E-state index in [0.29, 0.717) is 28.6 Å². The molecule has 1 amide bonds. The van der Waals surface area contributed by atoms with E-state index in [9.17, 15) is 4.79 Å². The van der Waals surface area contributed by atoms with Crippen LogP contribution in [0.1, 0.15) is 15.2 Å². The molecule has 1 aromatic heterocycles. The number of ether oxygens (including phenoxy) is 2. The van der Waals surface area contributed by atoms with Crippen LogP contribution in [0, 0.1) is 0 Å². The average Bonchev–Trinajstić information content (AvgIpc) is 2.90. The summed E-state index contributed by atoms with van der Waals surface area (Å²) in [5, 5.41) is 4.61. The van der Waals surface area contributed by atoms with Crippen LogP contribution in [0.4, 0.5) is 5.69 Å². The summed E-state index contributed by atoms with van der Waals surface area (Å²) in [7, 11) is 3.17. The van der Waals surface area contributed by atoms with Crippen molar-refractivity contribution in [1.82, 2.24) is 5.32 Å². The molecule has 3 N–H and O–H groups in total. The highest BCUT2D eigenvalue weighted by molar-refractivity contribution is 7.12. The van der Waals surface area contributed by atoms with Crippen molar-refractivity contribution in [2.24, 2.45) is 0 Å². The number of anilines is 1. The van der Waals surface area contributed by atoms with Gasteiger partial charge in [-0.1, -0.05) is 0 Å². The average molecular weight is 292 g/mol. The summed E-state index contributed by atoms with van der Waals surface area (Å²) < 4.78 is 10.4. The Morgan fingerprint density at radius 2 is 2.10 bits per heavy atom. The minimum absolute atomic E-state index is 0.185. The van der Waals surface area contributed by atoms with Crippen LogP contribution in [-0.4, -0.2) is 20.1 Å². The van der Waals surface area contributed by atoms with Gasteiger partial charge in [-0.05, 0) is 23.6 Å². The molecule has 1 heterocycles. The van der Waals surface area contributed by atoms with Gasteiger partial charge in [0.1, 0.15) is 16.4 Å². The lowest BCUT2D eigenvalue weighted by atomic mass is 10.2. The number of nitrogens with two attached hydrogens (primary N) is 1. The van der Waals surface area contributed by atoms with E-state index in [2.05, 4.69) is 5.32 Å². The van der Waals surface area contributed by atoms with Gasteiger partial charge in [-0.15, -0.1) is 11.3 Å². The third-order valence-corrected chi connectivity index (χ3v) is 3.76. The summed E-state index contributed by atoms with van der Waals surface area (Å²) in [5.74, 6) is 1.19. The fourth-order valence-corrected chi connectivity index (χ4v) is 2.49. The zero-order valence-electron chi connectivity index (χ0n) is 11.3. The van der Waals surface area contributed by atoms with E-state index in [1.165, 1.54) is 11.3 Å². The highest BCUT2D eigenvalue weighted by Gasteiger charge is 2.12. The molecule has 0 saturated heterocycles. The van der Waals surface area contributed by atoms with Crippen LogP contribution < -0.4 is 20.5 Å². The molecule has 0 radical (unpaired) electrons. The predicted octanol–water partition coefficient (Wildman–Crippen LogP) is 2.28. The lowest BCUT2D eigenvalue weighted by molar-refractivity contribution is 0.0955. The molecule has 0 aliphatic heterocycles. The largest absolute Gasteiger partial charge is 0.497 e. The van der Waals surface area contributed by atoms with Crippen LogP contribution in [0.5, 0.6) is 11.5 Å². The number of benzene rings is 1. The minimum Gasteiger partial charge on any atom is -0.497 e. The monoisotopic (exact) mass is 292 g/mol. The van der Waals surface area contributed by atoms with E-state index in [-0.39, 0.29) is 5.91 Å². The smallest absolute Gasteiger partial charge is 0.263 e. The SMILES string of the molecule is COc1ccc(CNC(=O)c2sccc2N)c(OC)c1. The number of nitrogen functional groups attached to an aromatic ring is 1. The molecule has 0 aliphatic carbocycles. The van der Waals surface area contributed by atoms with Gasteiger partial charge < -0.3 is 20.5 Å². The van der Waals surface area contributed by atoms with E-state index in [4.69, 9.17) is 15.2 Å². The Morgan fingerprint density at radius 3 is 2.70 bits per heavy atom. The van der Waals surface area contributed by atoms with Crippen molar-refractivity contribution >= 4 is 22.9 Å². The molecular formula is C14H16N2O3S. The van der Waals surface area contributed by atoms with Crippen molar-refractivity contribution in [3.05, 3.63) is 40.1 Å². The van der Waals surface area contributed by atoms with Crippen molar-refractivity contribution in [3.63, 3.8) is 0 Å². The summed E-state index contributed by atoms with van der Waals surface area (Å²) in [6.45, 7) is 0.364. The number of methoxy groups -OCH3 is 2. The molecule has 0 spiro atoms. The molecule has 106 valence electrons. The standard InChI is InChI=1S/C14H16N2O3S/c1-18-10-4-3-9(12(7-10)19-2)8-16-14(17)13-11(15)5-6-20-13/h3-7H,8,15H2,1-2H3,(H,16,17). The first-order chi connectivity index (χ1) is 9.65. The van der Waals surface area contributed by atoms with Crippen LogP contribution in [0.15, 0.2) is 29.6 Å². The lowest BCUT2D eigenvalue weighted by Crippen LogP contribution is -2.22. The maximum absolute atomic E-state index is 12.0. The van der Waals surface area contributed by atoms with Gasteiger partial charge in [0.25, 0.3) is 5.91 Å². The zero-order valence-corrected chi connectivity index (χ0v) is 12.1. The number of carbonyl (C=O) groups is 1. The van der Waals surface area contributed by atoms with Gasteiger partial charge in [0.2, 0.25) is 0 Å². The molecule has 0 fully saturated rings. The zero-order chi connectivity index (χ0) is 14.5. The van der Waals surface area contributed by atoms with Gasteiger partial charge in [0, 0.05) is 18.2 Å². The Labute approximate surface area is 121 Å².